The Labute approximate surface area is 272 Å². The van der Waals surface area contributed by atoms with Crippen molar-refractivity contribution in [3.05, 3.63) is 87.0 Å². The van der Waals surface area contributed by atoms with E-state index in [1.54, 1.807) is 13.0 Å². The molecule has 5 heterocycles. The molecular formula is C29H22Cl2F5N9O2. The molecule has 0 saturated carbocycles. The molecule has 4 aromatic heterocycles. The van der Waals surface area contributed by atoms with E-state index in [0.717, 1.165) is 10.9 Å². The van der Waals surface area contributed by atoms with Crippen molar-refractivity contribution in [3.8, 4) is 28.2 Å². The summed E-state index contributed by atoms with van der Waals surface area (Å²) >= 11 is 12.4. The van der Waals surface area contributed by atoms with E-state index in [-0.39, 0.29) is 49.8 Å². The number of nitrogens with zero attached hydrogens (tertiary/aromatic N) is 8. The minimum absolute atomic E-state index is 0.0150. The van der Waals surface area contributed by atoms with Crippen molar-refractivity contribution >= 4 is 34.8 Å². The molecule has 47 heavy (non-hydrogen) atoms. The summed E-state index contributed by atoms with van der Waals surface area (Å²) in [5.41, 5.74) is -0.852. The first-order valence-electron chi connectivity index (χ1n) is 14.0. The molecule has 18 heteroatoms. The molecule has 2 atom stereocenters. The van der Waals surface area contributed by atoms with Crippen molar-refractivity contribution in [1.82, 2.24) is 39.3 Å². The van der Waals surface area contributed by atoms with Crippen LogP contribution in [0, 0.1) is 5.92 Å². The average Bonchev–Trinajstić information content (AvgIpc) is 3.69. The van der Waals surface area contributed by atoms with Gasteiger partial charge in [0.2, 0.25) is 5.91 Å². The van der Waals surface area contributed by atoms with Crippen molar-refractivity contribution in [3.63, 3.8) is 0 Å². The standard InChI is InChI=1S/C29H22Cl2F5N9O2/c1-14-3-2-4-22(20-7-15(5-6-37-20)26-21(40-27(14)47)11-39-45(26)28(32)33)43-13-38-19(10-25(43)46)16-8-17(30)18(31)9-23(16)44-12-24(41-42-44)29(34,35)36/h5-14,22,28H,2-4H2,1H3,(H,40,47)/t14-,22+/m1/s1. The first-order chi connectivity index (χ1) is 22.3. The number of rotatable bonds is 4. The number of anilines is 1. The Morgan fingerprint density at radius 2 is 1.81 bits per heavy atom. The molecule has 0 saturated heterocycles. The molecule has 0 aliphatic carbocycles. The fourth-order valence-electron chi connectivity index (χ4n) is 5.34. The second-order valence-corrected chi connectivity index (χ2v) is 11.6. The van der Waals surface area contributed by atoms with Crippen LogP contribution in [0.1, 0.15) is 50.2 Å². The molecular weight excluding hydrogens is 672 g/mol. The Hall–Kier alpha value is -4.70. The minimum Gasteiger partial charge on any atom is -0.323 e. The van der Waals surface area contributed by atoms with Crippen LogP contribution in [-0.2, 0) is 11.0 Å². The summed E-state index contributed by atoms with van der Waals surface area (Å²) in [6.45, 7) is -1.30. The highest BCUT2D eigenvalue weighted by Gasteiger charge is 2.35. The van der Waals surface area contributed by atoms with Gasteiger partial charge in [-0.3, -0.25) is 19.1 Å². The predicted octanol–water partition coefficient (Wildman–Crippen LogP) is 6.82. The van der Waals surface area contributed by atoms with Crippen molar-refractivity contribution in [2.24, 2.45) is 5.92 Å². The van der Waals surface area contributed by atoms with Gasteiger partial charge in [-0.1, -0.05) is 41.8 Å². The van der Waals surface area contributed by atoms with Gasteiger partial charge in [-0.05, 0) is 37.1 Å². The maximum absolute atomic E-state index is 13.9. The van der Waals surface area contributed by atoms with Crippen LogP contribution < -0.4 is 10.9 Å². The molecule has 0 spiro atoms. The van der Waals surface area contributed by atoms with E-state index in [1.165, 1.54) is 41.4 Å². The number of hydrogen-bond acceptors (Lipinski definition) is 7. The fraction of sp³-hybridized carbons (Fsp3) is 0.276. The summed E-state index contributed by atoms with van der Waals surface area (Å²) in [6, 6.07) is 6.09. The second-order valence-electron chi connectivity index (χ2n) is 10.8. The lowest BCUT2D eigenvalue weighted by Gasteiger charge is -2.22. The van der Waals surface area contributed by atoms with Crippen LogP contribution in [0.15, 0.2) is 60.0 Å². The summed E-state index contributed by atoms with van der Waals surface area (Å²) in [6.07, 6.45) is 0.939. The Morgan fingerprint density at radius 3 is 2.51 bits per heavy atom. The van der Waals surface area contributed by atoms with E-state index in [4.69, 9.17) is 23.2 Å². The molecule has 2 bridgehead atoms. The zero-order valence-electron chi connectivity index (χ0n) is 24.1. The molecule has 0 fully saturated rings. The van der Waals surface area contributed by atoms with Crippen molar-refractivity contribution in [1.29, 1.82) is 0 Å². The number of fused-ring (bicyclic) bond motifs is 4. The van der Waals surface area contributed by atoms with Gasteiger partial charge < -0.3 is 5.32 Å². The summed E-state index contributed by atoms with van der Waals surface area (Å²) in [5.74, 6) is -0.870. The number of hydrogen-bond donors (Lipinski definition) is 1. The van der Waals surface area contributed by atoms with Crippen LogP contribution >= 0.6 is 23.2 Å². The highest BCUT2D eigenvalue weighted by atomic mass is 35.5. The summed E-state index contributed by atoms with van der Waals surface area (Å²) in [4.78, 5) is 35.5. The lowest BCUT2D eigenvalue weighted by molar-refractivity contribution is -0.141. The summed E-state index contributed by atoms with van der Waals surface area (Å²) < 4.78 is 70.3. The second kappa shape index (κ2) is 12.5. The van der Waals surface area contributed by atoms with Crippen LogP contribution in [0.3, 0.4) is 0 Å². The Bertz CT molecular complexity index is 2040. The maximum atomic E-state index is 13.9. The molecule has 1 amide bonds. The third-order valence-electron chi connectivity index (χ3n) is 7.71. The van der Waals surface area contributed by atoms with E-state index in [0.29, 0.717) is 35.8 Å². The summed E-state index contributed by atoms with van der Waals surface area (Å²) in [7, 11) is 0. The highest BCUT2D eigenvalue weighted by Crippen LogP contribution is 2.37. The SMILES string of the molecule is C[C@@H]1CCC[C@H](n2cnc(-c3cc(Cl)c(Cl)cc3-n3cc(C(F)(F)F)nn3)cc2=O)c2cc(ccn2)-c2c(cnn2C(F)F)NC1=O. The van der Waals surface area contributed by atoms with Gasteiger partial charge in [0.05, 0.1) is 63.3 Å². The number of halogens is 7. The van der Waals surface area contributed by atoms with Crippen LogP contribution in [-0.4, -0.2) is 45.2 Å². The minimum atomic E-state index is -4.76. The van der Waals surface area contributed by atoms with Crippen molar-refractivity contribution < 1.29 is 26.7 Å². The van der Waals surface area contributed by atoms with Gasteiger partial charge in [-0.2, -0.15) is 27.1 Å². The number of nitrogens with one attached hydrogen (secondary N) is 1. The molecule has 11 nitrogen and oxygen atoms in total. The molecule has 244 valence electrons. The van der Waals surface area contributed by atoms with Gasteiger partial charge in [-0.15, -0.1) is 5.10 Å². The molecule has 0 unspecified atom stereocenters. The lowest BCUT2D eigenvalue weighted by atomic mass is 9.97. The number of amides is 1. The zero-order valence-corrected chi connectivity index (χ0v) is 25.6. The van der Waals surface area contributed by atoms with Crippen LogP contribution in [0.25, 0.3) is 28.2 Å². The number of alkyl halides is 5. The number of carbonyl (C=O) groups is 1. The molecule has 1 aliphatic heterocycles. The Morgan fingerprint density at radius 1 is 1.04 bits per heavy atom. The van der Waals surface area contributed by atoms with Crippen molar-refractivity contribution in [2.45, 2.75) is 45.0 Å². The normalized spacial score (nSPS) is 17.2. The highest BCUT2D eigenvalue weighted by molar-refractivity contribution is 6.42. The Balaban J connectivity index is 1.44. The first-order valence-corrected chi connectivity index (χ1v) is 14.8. The predicted molar refractivity (Wildman–Crippen MR) is 160 cm³/mol. The van der Waals surface area contributed by atoms with Gasteiger partial charge in [-0.25, -0.2) is 14.3 Å². The van der Waals surface area contributed by atoms with Gasteiger partial charge in [0, 0.05) is 29.3 Å². The van der Waals surface area contributed by atoms with Gasteiger partial charge in [0.15, 0.2) is 5.69 Å². The molecule has 1 N–H and O–H groups in total. The first kappa shape index (κ1) is 32.2. The lowest BCUT2D eigenvalue weighted by Crippen LogP contribution is -2.27. The van der Waals surface area contributed by atoms with Gasteiger partial charge >= 0.3 is 12.7 Å². The molecule has 1 aliphatic rings. The van der Waals surface area contributed by atoms with E-state index in [9.17, 15) is 31.5 Å². The zero-order chi connectivity index (χ0) is 33.6. The molecule has 6 rings (SSSR count). The molecule has 0 radical (unpaired) electrons. The third kappa shape index (κ3) is 6.34. The largest absolute Gasteiger partial charge is 0.436 e. The van der Waals surface area contributed by atoms with Gasteiger partial charge in [0.25, 0.3) is 5.56 Å². The fourth-order valence-corrected chi connectivity index (χ4v) is 5.66. The number of benzene rings is 1. The molecule has 5 aromatic rings. The number of aromatic nitrogens is 8. The van der Waals surface area contributed by atoms with Crippen LogP contribution in [0.2, 0.25) is 10.0 Å². The average molecular weight is 694 g/mol. The number of pyridine rings is 1. The monoisotopic (exact) mass is 693 g/mol. The quantitative estimate of drug-likeness (QED) is 0.205. The molecule has 1 aromatic carbocycles. The smallest absolute Gasteiger partial charge is 0.323 e. The topological polar surface area (TPSA) is 125 Å². The summed E-state index contributed by atoms with van der Waals surface area (Å²) in [5, 5.41) is 13.3. The van der Waals surface area contributed by atoms with E-state index < -0.39 is 35.9 Å². The van der Waals surface area contributed by atoms with Crippen LogP contribution in [0.5, 0.6) is 0 Å². The maximum Gasteiger partial charge on any atom is 0.436 e. The third-order valence-corrected chi connectivity index (χ3v) is 8.44. The van der Waals surface area contributed by atoms with E-state index >= 15 is 0 Å². The Kier molecular flexibility index (Phi) is 8.57. The van der Waals surface area contributed by atoms with Crippen LogP contribution in [0.4, 0.5) is 27.6 Å². The van der Waals surface area contributed by atoms with E-state index in [1.807, 2.05) is 0 Å². The van der Waals surface area contributed by atoms with Crippen molar-refractivity contribution in [2.75, 3.05) is 5.32 Å². The number of carbonyl (C=O) groups excluding carboxylic acids is 1. The van der Waals surface area contributed by atoms with Gasteiger partial charge in [0.1, 0.15) is 0 Å². The van der Waals surface area contributed by atoms with E-state index in [2.05, 4.69) is 30.7 Å².